The van der Waals surface area contributed by atoms with Crippen LogP contribution in [-0.2, 0) is 9.53 Å². The molecule has 0 aromatic heterocycles. The van der Waals surface area contributed by atoms with Gasteiger partial charge in [-0.2, -0.15) is 0 Å². The predicted molar refractivity (Wildman–Crippen MR) is 35.4 cm³/mol. The van der Waals surface area contributed by atoms with E-state index in [0.29, 0.717) is 11.8 Å². The lowest BCUT2D eigenvalue weighted by Crippen LogP contribution is -2.19. The highest BCUT2D eigenvalue weighted by Crippen LogP contribution is 2.49. The number of piperidine rings is 1. The summed E-state index contributed by atoms with van der Waals surface area (Å²) in [5, 5.41) is 3.22. The van der Waals surface area contributed by atoms with Crippen LogP contribution < -0.4 is 5.32 Å². The monoisotopic (exact) mass is 141 g/mol. The molecule has 0 unspecified atom stereocenters. The zero-order valence-electron chi connectivity index (χ0n) is 5.96. The maximum atomic E-state index is 10.9. The lowest BCUT2D eigenvalue weighted by Gasteiger charge is -2.00. The van der Waals surface area contributed by atoms with Crippen molar-refractivity contribution in [3.63, 3.8) is 0 Å². The zero-order chi connectivity index (χ0) is 7.14. The van der Waals surface area contributed by atoms with Crippen LogP contribution in [0.15, 0.2) is 0 Å². The van der Waals surface area contributed by atoms with E-state index in [1.54, 1.807) is 0 Å². The van der Waals surface area contributed by atoms with Gasteiger partial charge in [0.2, 0.25) is 0 Å². The second kappa shape index (κ2) is 1.95. The molecule has 3 heteroatoms. The highest BCUT2D eigenvalue weighted by Gasteiger charge is 2.57. The van der Waals surface area contributed by atoms with E-state index in [1.807, 2.05) is 0 Å². The Bertz CT molecular complexity index is 159. The van der Waals surface area contributed by atoms with Gasteiger partial charge in [0.05, 0.1) is 13.0 Å². The Hall–Kier alpha value is -0.570. The zero-order valence-corrected chi connectivity index (χ0v) is 5.96. The lowest BCUT2D eigenvalue weighted by molar-refractivity contribution is -0.143. The van der Waals surface area contributed by atoms with Crippen molar-refractivity contribution in [2.45, 2.75) is 0 Å². The van der Waals surface area contributed by atoms with Gasteiger partial charge >= 0.3 is 5.97 Å². The van der Waals surface area contributed by atoms with E-state index in [9.17, 15) is 4.79 Å². The smallest absolute Gasteiger partial charge is 0.309 e. The minimum atomic E-state index is -0.0171. The summed E-state index contributed by atoms with van der Waals surface area (Å²) in [5.41, 5.74) is 0. The normalized spacial score (nSPS) is 42.7. The molecule has 1 aliphatic carbocycles. The highest BCUT2D eigenvalue weighted by atomic mass is 16.5. The Morgan fingerprint density at radius 3 is 2.60 bits per heavy atom. The molecule has 2 fully saturated rings. The van der Waals surface area contributed by atoms with Crippen molar-refractivity contribution in [2.24, 2.45) is 17.8 Å². The summed E-state index contributed by atoms with van der Waals surface area (Å²) in [6.07, 6.45) is 0. The highest BCUT2D eigenvalue weighted by molar-refractivity contribution is 5.76. The third kappa shape index (κ3) is 0.669. The van der Waals surface area contributed by atoms with Crippen LogP contribution in [0, 0.1) is 17.8 Å². The molecule has 0 aromatic carbocycles. The molecule has 56 valence electrons. The Morgan fingerprint density at radius 1 is 1.50 bits per heavy atom. The van der Waals surface area contributed by atoms with Crippen molar-refractivity contribution in [1.82, 2.24) is 5.32 Å². The van der Waals surface area contributed by atoms with Gasteiger partial charge in [-0.15, -0.1) is 0 Å². The molecule has 1 aliphatic heterocycles. The summed E-state index contributed by atoms with van der Waals surface area (Å²) in [4.78, 5) is 10.9. The average Bonchev–Trinajstić information content (AvgIpc) is 2.43. The second-order valence-corrected chi connectivity index (χ2v) is 3.03. The minimum Gasteiger partial charge on any atom is -0.469 e. The largest absolute Gasteiger partial charge is 0.469 e. The van der Waals surface area contributed by atoms with E-state index in [4.69, 9.17) is 0 Å². The van der Waals surface area contributed by atoms with Crippen molar-refractivity contribution in [3.05, 3.63) is 0 Å². The van der Waals surface area contributed by atoms with E-state index < -0.39 is 0 Å². The number of methoxy groups -OCH3 is 1. The summed E-state index contributed by atoms with van der Waals surface area (Å²) >= 11 is 0. The van der Waals surface area contributed by atoms with Crippen molar-refractivity contribution in [2.75, 3.05) is 20.2 Å². The maximum absolute atomic E-state index is 10.9. The summed E-state index contributed by atoms with van der Waals surface area (Å²) in [6, 6.07) is 0. The number of hydrogen-bond donors (Lipinski definition) is 1. The predicted octanol–water partition coefficient (Wildman–Crippen LogP) is -0.375. The van der Waals surface area contributed by atoms with E-state index >= 15 is 0 Å². The first-order valence-electron chi connectivity index (χ1n) is 3.63. The minimum absolute atomic E-state index is 0.0171. The summed E-state index contributed by atoms with van der Waals surface area (Å²) in [7, 11) is 1.46. The van der Waals surface area contributed by atoms with Crippen LogP contribution in [0.2, 0.25) is 0 Å². The van der Waals surface area contributed by atoms with Crippen molar-refractivity contribution >= 4 is 5.97 Å². The molecule has 2 aliphatic rings. The number of nitrogens with one attached hydrogen (secondary N) is 1. The van der Waals surface area contributed by atoms with Crippen molar-refractivity contribution in [3.8, 4) is 0 Å². The van der Waals surface area contributed by atoms with Crippen LogP contribution in [0.4, 0.5) is 0 Å². The average molecular weight is 141 g/mol. The fourth-order valence-corrected chi connectivity index (χ4v) is 1.90. The third-order valence-electron chi connectivity index (χ3n) is 2.57. The first-order chi connectivity index (χ1) is 4.84. The van der Waals surface area contributed by atoms with Gasteiger partial charge in [-0.25, -0.2) is 0 Å². The first-order valence-corrected chi connectivity index (χ1v) is 3.63. The van der Waals surface area contributed by atoms with Gasteiger partial charge in [0, 0.05) is 0 Å². The fraction of sp³-hybridized carbons (Fsp3) is 0.857. The molecule has 0 bridgehead atoms. The Labute approximate surface area is 59.7 Å². The molecular weight excluding hydrogens is 130 g/mol. The molecule has 1 saturated heterocycles. The number of rotatable bonds is 1. The number of carbonyl (C=O) groups is 1. The molecule has 0 radical (unpaired) electrons. The van der Waals surface area contributed by atoms with Crippen LogP contribution >= 0.6 is 0 Å². The Kier molecular flexibility index (Phi) is 1.20. The summed E-state index contributed by atoms with van der Waals surface area (Å²) in [6.45, 7) is 2.01. The topological polar surface area (TPSA) is 38.3 Å². The summed E-state index contributed by atoms with van der Waals surface area (Å²) in [5.74, 6) is 1.39. The maximum Gasteiger partial charge on any atom is 0.309 e. The molecule has 0 amide bonds. The number of ether oxygens (including phenoxy) is 1. The van der Waals surface area contributed by atoms with Gasteiger partial charge in [-0.05, 0) is 24.9 Å². The molecule has 0 spiro atoms. The van der Waals surface area contributed by atoms with Crippen molar-refractivity contribution in [1.29, 1.82) is 0 Å². The standard InChI is InChI=1S/C7H11NO2/c1-10-7(9)6-4-2-8-3-5(4)6/h4-6,8H,2-3H2,1H3/t4-,5+,6+. The molecule has 3 nitrogen and oxygen atoms in total. The van der Waals surface area contributed by atoms with E-state index in [2.05, 4.69) is 10.1 Å². The van der Waals surface area contributed by atoms with Gasteiger partial charge in [0.15, 0.2) is 0 Å². The van der Waals surface area contributed by atoms with Gasteiger partial charge in [-0.1, -0.05) is 0 Å². The Morgan fingerprint density at radius 2 is 2.10 bits per heavy atom. The van der Waals surface area contributed by atoms with Gasteiger partial charge in [0.1, 0.15) is 0 Å². The first kappa shape index (κ1) is 6.16. The third-order valence-corrected chi connectivity index (χ3v) is 2.57. The second-order valence-electron chi connectivity index (χ2n) is 3.03. The van der Waals surface area contributed by atoms with Gasteiger partial charge < -0.3 is 10.1 Å². The molecular formula is C7H11NO2. The fourth-order valence-electron chi connectivity index (χ4n) is 1.90. The molecule has 1 N–H and O–H groups in total. The number of hydrogen-bond acceptors (Lipinski definition) is 3. The van der Waals surface area contributed by atoms with E-state index in [-0.39, 0.29) is 11.9 Å². The van der Waals surface area contributed by atoms with Crippen molar-refractivity contribution < 1.29 is 9.53 Å². The number of carbonyl (C=O) groups excluding carboxylic acids is 1. The SMILES string of the molecule is COC(=O)[C@H]1[C@@H]2CNC[C@@H]21. The number of fused-ring (bicyclic) bond motifs is 1. The van der Waals surface area contributed by atoms with E-state index in [1.165, 1.54) is 7.11 Å². The van der Waals surface area contributed by atoms with Crippen LogP contribution in [0.5, 0.6) is 0 Å². The molecule has 1 saturated carbocycles. The molecule has 1 heterocycles. The Balaban J connectivity index is 1.94. The molecule has 3 atom stereocenters. The van der Waals surface area contributed by atoms with E-state index in [0.717, 1.165) is 13.1 Å². The number of esters is 1. The summed E-state index contributed by atoms with van der Waals surface area (Å²) < 4.78 is 4.64. The molecule has 2 rings (SSSR count). The van der Waals surface area contributed by atoms with Crippen LogP contribution in [0.1, 0.15) is 0 Å². The van der Waals surface area contributed by atoms with Gasteiger partial charge in [0.25, 0.3) is 0 Å². The van der Waals surface area contributed by atoms with Crippen LogP contribution in [0.3, 0.4) is 0 Å². The molecule has 0 aromatic rings. The van der Waals surface area contributed by atoms with Crippen LogP contribution in [0.25, 0.3) is 0 Å². The molecule has 10 heavy (non-hydrogen) atoms. The lowest BCUT2D eigenvalue weighted by atomic mass is 10.3. The van der Waals surface area contributed by atoms with Gasteiger partial charge in [-0.3, -0.25) is 4.79 Å². The van der Waals surface area contributed by atoms with Crippen LogP contribution in [-0.4, -0.2) is 26.2 Å². The quantitative estimate of drug-likeness (QED) is 0.506.